The lowest BCUT2D eigenvalue weighted by Gasteiger charge is -2.23. The van der Waals surface area contributed by atoms with E-state index in [4.69, 9.17) is 9.84 Å². The maximum atomic E-state index is 10.7. The Morgan fingerprint density at radius 3 is 2.90 bits per heavy atom. The molecule has 2 unspecified atom stereocenters. The van der Waals surface area contributed by atoms with Crippen LogP contribution in [0.5, 0.6) is 0 Å². The molecule has 1 rings (SSSR count). The minimum Gasteiger partial charge on any atom is -0.460 e. The molecule has 0 amide bonds. The van der Waals surface area contributed by atoms with Gasteiger partial charge in [0.15, 0.2) is 6.10 Å². The molecule has 1 N–H and O–H groups in total. The molecule has 0 aromatic rings. The molecular formula is C7H12O3. The Kier molecular flexibility index (Phi) is 2.27. The van der Waals surface area contributed by atoms with Crippen LogP contribution in [-0.2, 0) is 9.53 Å². The summed E-state index contributed by atoms with van der Waals surface area (Å²) in [7, 11) is 0. The van der Waals surface area contributed by atoms with Crippen molar-refractivity contribution >= 4 is 5.97 Å². The number of rotatable bonds is 1. The normalized spacial score (nSPS) is 33.6. The van der Waals surface area contributed by atoms with Gasteiger partial charge in [-0.3, -0.25) is 0 Å². The second-order valence-electron chi connectivity index (χ2n) is 2.56. The lowest BCUT2D eigenvalue weighted by Crippen LogP contribution is -2.34. The molecule has 0 spiro atoms. The van der Waals surface area contributed by atoms with Gasteiger partial charge >= 0.3 is 5.97 Å². The average molecular weight is 144 g/mol. The summed E-state index contributed by atoms with van der Waals surface area (Å²) < 4.78 is 4.86. The summed E-state index contributed by atoms with van der Waals surface area (Å²) in [5.74, 6) is -0.460. The van der Waals surface area contributed by atoms with Crippen LogP contribution in [0, 0.1) is 0 Å². The fourth-order valence-corrected chi connectivity index (χ4v) is 1.05. The minimum absolute atomic E-state index is 0.0379. The van der Waals surface area contributed by atoms with Gasteiger partial charge in [-0.25, -0.2) is 4.79 Å². The molecule has 1 fully saturated rings. The summed E-state index contributed by atoms with van der Waals surface area (Å²) >= 11 is 0. The highest BCUT2D eigenvalue weighted by molar-refractivity contribution is 5.75. The van der Waals surface area contributed by atoms with Crippen molar-refractivity contribution in [1.82, 2.24) is 0 Å². The number of carbonyl (C=O) groups is 1. The number of aliphatic hydroxyl groups excluding tert-OH is 1. The highest BCUT2D eigenvalue weighted by atomic mass is 16.6. The molecule has 3 nitrogen and oxygen atoms in total. The maximum absolute atomic E-state index is 10.7. The first-order valence-corrected chi connectivity index (χ1v) is 3.62. The largest absolute Gasteiger partial charge is 0.460 e. The summed E-state index contributed by atoms with van der Waals surface area (Å²) in [6.45, 7) is 1.97. The fourth-order valence-electron chi connectivity index (χ4n) is 1.05. The molecule has 0 bridgehead atoms. The van der Waals surface area contributed by atoms with E-state index in [0.29, 0.717) is 6.42 Å². The molecule has 0 aliphatic carbocycles. The molecule has 1 saturated heterocycles. The Morgan fingerprint density at radius 1 is 1.70 bits per heavy atom. The van der Waals surface area contributed by atoms with Crippen molar-refractivity contribution in [2.45, 2.75) is 38.4 Å². The monoisotopic (exact) mass is 144 g/mol. The zero-order valence-electron chi connectivity index (χ0n) is 6.04. The quantitative estimate of drug-likeness (QED) is 0.544. The van der Waals surface area contributed by atoms with E-state index < -0.39 is 12.1 Å². The van der Waals surface area contributed by atoms with E-state index >= 15 is 0 Å². The predicted octanol–water partition coefficient (Wildman–Crippen LogP) is 0.463. The van der Waals surface area contributed by atoms with Crippen molar-refractivity contribution in [2.75, 3.05) is 0 Å². The molecular weight excluding hydrogens is 132 g/mol. The summed E-state index contributed by atoms with van der Waals surface area (Å²) in [6.07, 6.45) is 1.36. The van der Waals surface area contributed by atoms with Crippen molar-refractivity contribution in [3.63, 3.8) is 0 Å². The van der Waals surface area contributed by atoms with Gasteiger partial charge in [-0.05, 0) is 19.3 Å². The summed E-state index contributed by atoms with van der Waals surface area (Å²) in [6, 6.07) is 0. The van der Waals surface area contributed by atoms with Crippen molar-refractivity contribution in [1.29, 1.82) is 0 Å². The Labute approximate surface area is 60.0 Å². The van der Waals surface area contributed by atoms with E-state index in [2.05, 4.69) is 0 Å². The van der Waals surface area contributed by atoms with Gasteiger partial charge in [-0.2, -0.15) is 0 Å². The Hall–Kier alpha value is -0.570. The third-order valence-corrected chi connectivity index (χ3v) is 1.77. The smallest absolute Gasteiger partial charge is 0.335 e. The van der Waals surface area contributed by atoms with Gasteiger partial charge in [-0.1, -0.05) is 6.92 Å². The number of esters is 1. The van der Waals surface area contributed by atoms with Crippen LogP contribution in [0.4, 0.5) is 0 Å². The minimum atomic E-state index is -0.872. The van der Waals surface area contributed by atoms with E-state index in [1.165, 1.54) is 0 Å². The average Bonchev–Trinajstić information content (AvgIpc) is 1.95. The first kappa shape index (κ1) is 7.54. The Balaban J connectivity index is 2.41. The van der Waals surface area contributed by atoms with Crippen LogP contribution < -0.4 is 0 Å². The number of hydrogen-bond acceptors (Lipinski definition) is 3. The molecule has 1 aliphatic rings. The van der Waals surface area contributed by atoms with E-state index in [-0.39, 0.29) is 6.10 Å². The standard InChI is InChI=1S/C7H12O3/c1-2-5-3-4-6(8)7(9)10-5/h5-6,8H,2-4H2,1H3. The molecule has 58 valence electrons. The lowest BCUT2D eigenvalue weighted by atomic mass is 10.1. The van der Waals surface area contributed by atoms with E-state index in [9.17, 15) is 4.79 Å². The van der Waals surface area contributed by atoms with Gasteiger partial charge in [0.05, 0.1) is 0 Å². The highest BCUT2D eigenvalue weighted by Crippen LogP contribution is 2.16. The van der Waals surface area contributed by atoms with Crippen molar-refractivity contribution in [2.24, 2.45) is 0 Å². The zero-order chi connectivity index (χ0) is 7.56. The van der Waals surface area contributed by atoms with Gasteiger partial charge in [0, 0.05) is 0 Å². The number of aliphatic hydroxyl groups is 1. The molecule has 0 radical (unpaired) electrons. The second-order valence-corrected chi connectivity index (χ2v) is 2.56. The summed E-state index contributed by atoms with van der Waals surface area (Å²) in [4.78, 5) is 10.7. The highest BCUT2D eigenvalue weighted by Gasteiger charge is 2.26. The van der Waals surface area contributed by atoms with Crippen molar-refractivity contribution < 1.29 is 14.6 Å². The fraction of sp³-hybridized carbons (Fsp3) is 0.857. The molecule has 0 aromatic carbocycles. The van der Waals surface area contributed by atoms with Crippen LogP contribution in [0.25, 0.3) is 0 Å². The molecule has 10 heavy (non-hydrogen) atoms. The molecule has 2 atom stereocenters. The van der Waals surface area contributed by atoms with E-state index in [1.807, 2.05) is 6.92 Å². The third kappa shape index (κ3) is 1.48. The number of carbonyl (C=O) groups excluding carboxylic acids is 1. The van der Waals surface area contributed by atoms with Gasteiger partial charge in [0.25, 0.3) is 0 Å². The SMILES string of the molecule is CCC1CCC(O)C(=O)O1. The Morgan fingerprint density at radius 2 is 2.40 bits per heavy atom. The van der Waals surface area contributed by atoms with Gasteiger partial charge in [0.1, 0.15) is 6.10 Å². The second kappa shape index (κ2) is 3.01. The van der Waals surface area contributed by atoms with Crippen molar-refractivity contribution in [3.05, 3.63) is 0 Å². The first-order valence-electron chi connectivity index (χ1n) is 3.62. The predicted molar refractivity (Wildman–Crippen MR) is 35.4 cm³/mol. The van der Waals surface area contributed by atoms with Crippen LogP contribution in [-0.4, -0.2) is 23.3 Å². The summed E-state index contributed by atoms with van der Waals surface area (Å²) in [5, 5.41) is 8.92. The maximum Gasteiger partial charge on any atom is 0.335 e. The number of cyclic esters (lactones) is 1. The number of hydrogen-bond donors (Lipinski definition) is 1. The molecule has 0 saturated carbocycles. The molecule has 0 aromatic heterocycles. The first-order chi connectivity index (χ1) is 4.74. The van der Waals surface area contributed by atoms with Gasteiger partial charge < -0.3 is 9.84 Å². The molecule has 1 heterocycles. The van der Waals surface area contributed by atoms with Crippen LogP contribution in [0.15, 0.2) is 0 Å². The molecule has 3 heteroatoms. The van der Waals surface area contributed by atoms with Gasteiger partial charge in [-0.15, -0.1) is 0 Å². The zero-order valence-corrected chi connectivity index (χ0v) is 6.04. The topological polar surface area (TPSA) is 46.5 Å². The van der Waals surface area contributed by atoms with Crippen molar-refractivity contribution in [3.8, 4) is 0 Å². The molecule has 1 aliphatic heterocycles. The van der Waals surface area contributed by atoms with Crippen LogP contribution >= 0.6 is 0 Å². The third-order valence-electron chi connectivity index (χ3n) is 1.77. The van der Waals surface area contributed by atoms with Crippen LogP contribution in [0.2, 0.25) is 0 Å². The Bertz CT molecular complexity index is 133. The lowest BCUT2D eigenvalue weighted by molar-refractivity contribution is -0.166. The van der Waals surface area contributed by atoms with E-state index in [0.717, 1.165) is 12.8 Å². The van der Waals surface area contributed by atoms with Crippen LogP contribution in [0.3, 0.4) is 0 Å². The van der Waals surface area contributed by atoms with Gasteiger partial charge in [0.2, 0.25) is 0 Å². The number of ether oxygens (including phenoxy) is 1. The van der Waals surface area contributed by atoms with E-state index in [1.54, 1.807) is 0 Å². The van der Waals surface area contributed by atoms with Crippen LogP contribution in [0.1, 0.15) is 26.2 Å². The summed E-state index contributed by atoms with van der Waals surface area (Å²) in [5.41, 5.74) is 0.